The van der Waals surface area contributed by atoms with Gasteiger partial charge in [-0.3, -0.25) is 9.59 Å². The molecule has 3 aromatic carbocycles. The van der Waals surface area contributed by atoms with Crippen molar-refractivity contribution in [3.8, 4) is 0 Å². The fraction of sp³-hybridized carbons (Fsp3) is 0.200. The van der Waals surface area contributed by atoms with Gasteiger partial charge in [-0.1, -0.05) is 84.9 Å². The maximum atomic E-state index is 12.1. The van der Waals surface area contributed by atoms with E-state index in [0.29, 0.717) is 6.42 Å². The zero-order chi connectivity index (χ0) is 21.2. The van der Waals surface area contributed by atoms with E-state index in [1.165, 1.54) is 0 Å². The lowest BCUT2D eigenvalue weighted by molar-refractivity contribution is -0.146. The smallest absolute Gasteiger partial charge is 0.323 e. The molecule has 0 aliphatic carbocycles. The van der Waals surface area contributed by atoms with Gasteiger partial charge in [-0.25, -0.2) is 0 Å². The van der Waals surface area contributed by atoms with Gasteiger partial charge in [0.25, 0.3) is 0 Å². The SMILES string of the molecule is N[C@@H](Cc1ccc(CC(=O)OCc2ccccc2)cc1)C(=O)OCc1ccccc1. The van der Waals surface area contributed by atoms with Crippen molar-refractivity contribution in [1.29, 1.82) is 0 Å². The normalized spacial score (nSPS) is 11.5. The standard InChI is InChI=1S/C25H25NO4/c26-23(25(28)30-18-22-9-5-2-6-10-22)15-19-11-13-20(14-12-19)16-24(27)29-17-21-7-3-1-4-8-21/h1-14,23H,15-18,26H2/t23-/m0/s1. The summed E-state index contributed by atoms with van der Waals surface area (Å²) < 4.78 is 10.6. The molecule has 0 aliphatic rings. The first-order valence-electron chi connectivity index (χ1n) is 9.83. The topological polar surface area (TPSA) is 78.6 Å². The number of nitrogens with two attached hydrogens (primary N) is 1. The van der Waals surface area contributed by atoms with Crippen LogP contribution in [0.3, 0.4) is 0 Å². The number of carbonyl (C=O) groups excluding carboxylic acids is 2. The lowest BCUT2D eigenvalue weighted by Gasteiger charge is -2.12. The molecule has 5 heteroatoms. The first-order valence-corrected chi connectivity index (χ1v) is 9.83. The van der Waals surface area contributed by atoms with E-state index < -0.39 is 12.0 Å². The molecule has 0 radical (unpaired) electrons. The Kier molecular flexibility index (Phi) is 7.75. The molecule has 0 amide bonds. The van der Waals surface area contributed by atoms with Crippen LogP contribution in [-0.4, -0.2) is 18.0 Å². The van der Waals surface area contributed by atoms with Gasteiger partial charge >= 0.3 is 11.9 Å². The van der Waals surface area contributed by atoms with Crippen molar-refractivity contribution >= 4 is 11.9 Å². The molecule has 0 spiro atoms. The predicted molar refractivity (Wildman–Crippen MR) is 114 cm³/mol. The van der Waals surface area contributed by atoms with Crippen molar-refractivity contribution < 1.29 is 19.1 Å². The van der Waals surface area contributed by atoms with Gasteiger partial charge in [0.2, 0.25) is 0 Å². The maximum absolute atomic E-state index is 12.1. The minimum Gasteiger partial charge on any atom is -0.461 e. The maximum Gasteiger partial charge on any atom is 0.323 e. The van der Waals surface area contributed by atoms with Crippen molar-refractivity contribution in [2.75, 3.05) is 0 Å². The first kappa shape index (κ1) is 21.3. The van der Waals surface area contributed by atoms with E-state index in [1.54, 1.807) is 0 Å². The van der Waals surface area contributed by atoms with Gasteiger partial charge in [0.05, 0.1) is 6.42 Å². The third kappa shape index (κ3) is 6.87. The summed E-state index contributed by atoms with van der Waals surface area (Å²) in [6, 6.07) is 25.7. The Morgan fingerprint density at radius 1 is 0.667 bits per heavy atom. The number of rotatable bonds is 9. The van der Waals surface area contributed by atoms with Gasteiger partial charge in [-0.05, 0) is 28.7 Å². The van der Waals surface area contributed by atoms with Crippen LogP contribution in [0.2, 0.25) is 0 Å². The molecule has 0 aromatic heterocycles. The van der Waals surface area contributed by atoms with Crippen LogP contribution in [0, 0.1) is 0 Å². The Balaban J connectivity index is 1.43. The average molecular weight is 403 g/mol. The number of ether oxygens (including phenoxy) is 2. The second-order valence-electron chi connectivity index (χ2n) is 7.04. The lowest BCUT2D eigenvalue weighted by Crippen LogP contribution is -2.34. The minimum absolute atomic E-state index is 0.193. The van der Waals surface area contributed by atoms with Crippen molar-refractivity contribution in [1.82, 2.24) is 0 Å². The summed E-state index contributed by atoms with van der Waals surface area (Å²) in [6.07, 6.45) is 0.560. The third-order valence-electron chi connectivity index (χ3n) is 4.60. The summed E-state index contributed by atoms with van der Waals surface area (Å²) in [6.45, 7) is 0.467. The zero-order valence-corrected chi connectivity index (χ0v) is 16.7. The molecule has 0 saturated heterocycles. The van der Waals surface area contributed by atoms with Gasteiger partial charge in [0.15, 0.2) is 0 Å². The van der Waals surface area contributed by atoms with E-state index >= 15 is 0 Å². The largest absolute Gasteiger partial charge is 0.461 e. The number of esters is 2. The van der Waals surface area contributed by atoms with E-state index in [2.05, 4.69) is 0 Å². The number of benzene rings is 3. The fourth-order valence-corrected chi connectivity index (χ4v) is 2.92. The van der Waals surface area contributed by atoms with Crippen molar-refractivity contribution in [2.24, 2.45) is 5.73 Å². The number of hydrogen-bond acceptors (Lipinski definition) is 5. The van der Waals surface area contributed by atoms with Gasteiger partial charge in [-0.15, -0.1) is 0 Å². The Hall–Kier alpha value is -3.44. The van der Waals surface area contributed by atoms with Crippen LogP contribution in [0.4, 0.5) is 0 Å². The highest BCUT2D eigenvalue weighted by Gasteiger charge is 2.16. The van der Waals surface area contributed by atoms with Crippen LogP contribution in [-0.2, 0) is 45.1 Å². The van der Waals surface area contributed by atoms with E-state index in [9.17, 15) is 9.59 Å². The molecular weight excluding hydrogens is 378 g/mol. The van der Waals surface area contributed by atoms with E-state index in [4.69, 9.17) is 15.2 Å². The van der Waals surface area contributed by atoms with Crippen LogP contribution in [0.1, 0.15) is 22.3 Å². The highest BCUT2D eigenvalue weighted by Crippen LogP contribution is 2.10. The second kappa shape index (κ2) is 10.9. The molecule has 5 nitrogen and oxygen atoms in total. The van der Waals surface area contributed by atoms with Gasteiger partial charge in [0.1, 0.15) is 19.3 Å². The van der Waals surface area contributed by atoms with Crippen molar-refractivity contribution in [3.05, 3.63) is 107 Å². The summed E-state index contributed by atoms with van der Waals surface area (Å²) >= 11 is 0. The van der Waals surface area contributed by atoms with Crippen LogP contribution in [0.5, 0.6) is 0 Å². The second-order valence-corrected chi connectivity index (χ2v) is 7.04. The Morgan fingerprint density at radius 3 is 1.73 bits per heavy atom. The van der Waals surface area contributed by atoms with Crippen LogP contribution < -0.4 is 5.73 Å². The molecule has 3 aromatic rings. The van der Waals surface area contributed by atoms with Gasteiger partial charge in [-0.2, -0.15) is 0 Å². The van der Waals surface area contributed by atoms with E-state index in [-0.39, 0.29) is 25.6 Å². The van der Waals surface area contributed by atoms with Crippen LogP contribution in [0.25, 0.3) is 0 Å². The minimum atomic E-state index is -0.740. The van der Waals surface area contributed by atoms with Crippen LogP contribution in [0.15, 0.2) is 84.9 Å². The Labute approximate surface area is 176 Å². The van der Waals surface area contributed by atoms with Crippen molar-refractivity contribution in [3.63, 3.8) is 0 Å². The summed E-state index contributed by atoms with van der Waals surface area (Å²) in [5, 5.41) is 0. The molecule has 0 unspecified atom stereocenters. The molecular formula is C25H25NO4. The first-order chi connectivity index (χ1) is 14.6. The predicted octanol–water partition coefficient (Wildman–Crippen LogP) is 3.59. The molecule has 0 bridgehead atoms. The summed E-state index contributed by atoms with van der Waals surface area (Å²) in [5.41, 5.74) is 9.60. The molecule has 1 atom stereocenters. The third-order valence-corrected chi connectivity index (χ3v) is 4.60. The molecule has 0 heterocycles. The van der Waals surface area contributed by atoms with Gasteiger partial charge in [0, 0.05) is 0 Å². The highest BCUT2D eigenvalue weighted by molar-refractivity contribution is 5.76. The molecule has 154 valence electrons. The van der Waals surface area contributed by atoms with E-state index in [1.807, 2.05) is 84.9 Å². The van der Waals surface area contributed by atoms with Crippen LogP contribution >= 0.6 is 0 Å². The fourth-order valence-electron chi connectivity index (χ4n) is 2.92. The Morgan fingerprint density at radius 2 is 1.17 bits per heavy atom. The molecule has 30 heavy (non-hydrogen) atoms. The number of carbonyl (C=O) groups is 2. The summed E-state index contributed by atoms with van der Waals surface area (Å²) in [7, 11) is 0. The van der Waals surface area contributed by atoms with E-state index in [0.717, 1.165) is 22.3 Å². The summed E-state index contributed by atoms with van der Waals surface area (Å²) in [4.78, 5) is 24.1. The molecule has 0 aliphatic heterocycles. The van der Waals surface area contributed by atoms with Gasteiger partial charge < -0.3 is 15.2 Å². The zero-order valence-electron chi connectivity index (χ0n) is 16.7. The molecule has 0 saturated carbocycles. The monoisotopic (exact) mass is 403 g/mol. The summed E-state index contributed by atoms with van der Waals surface area (Å²) in [5.74, 6) is -0.722. The average Bonchev–Trinajstić information content (AvgIpc) is 2.78. The van der Waals surface area contributed by atoms with Crippen molar-refractivity contribution in [2.45, 2.75) is 32.1 Å². The lowest BCUT2D eigenvalue weighted by atomic mass is 10.0. The Bertz CT molecular complexity index is 940. The highest BCUT2D eigenvalue weighted by atomic mass is 16.5. The molecule has 3 rings (SSSR count). The number of hydrogen-bond donors (Lipinski definition) is 1. The molecule has 2 N–H and O–H groups in total. The quantitative estimate of drug-likeness (QED) is 0.553. The molecule has 0 fully saturated rings.